The summed E-state index contributed by atoms with van der Waals surface area (Å²) in [5, 5.41) is 2.78. The summed E-state index contributed by atoms with van der Waals surface area (Å²) in [6.45, 7) is 7.48. The number of ketones is 1. The largest absolute Gasteiger partial charge is 0.357 e. The molecule has 2 rings (SSSR count). The molecule has 6 nitrogen and oxygen atoms in total. The molecule has 25 heavy (non-hydrogen) atoms. The molecule has 0 radical (unpaired) electrons. The third kappa shape index (κ3) is 5.11. The van der Waals surface area contributed by atoms with Crippen molar-refractivity contribution in [2.75, 3.05) is 23.3 Å². The van der Waals surface area contributed by atoms with Gasteiger partial charge in [0.2, 0.25) is 0 Å². The van der Waals surface area contributed by atoms with Gasteiger partial charge in [0.05, 0.1) is 0 Å². The van der Waals surface area contributed by atoms with Gasteiger partial charge in [0.25, 0.3) is 5.91 Å². The maximum atomic E-state index is 12.5. The third-order valence-electron chi connectivity index (χ3n) is 3.72. The number of benzene rings is 1. The van der Waals surface area contributed by atoms with Crippen molar-refractivity contribution in [3.05, 3.63) is 47.9 Å². The zero-order valence-electron chi connectivity index (χ0n) is 15.0. The first-order chi connectivity index (χ1) is 12.0. The summed E-state index contributed by atoms with van der Waals surface area (Å²) in [5.74, 6) is 0.383. The minimum Gasteiger partial charge on any atom is -0.357 e. The number of anilines is 2. The van der Waals surface area contributed by atoms with Gasteiger partial charge in [-0.05, 0) is 31.9 Å². The Morgan fingerprint density at radius 3 is 2.44 bits per heavy atom. The van der Waals surface area contributed by atoms with E-state index in [0.29, 0.717) is 16.9 Å². The van der Waals surface area contributed by atoms with Crippen molar-refractivity contribution in [1.82, 2.24) is 9.97 Å². The normalized spacial score (nSPS) is 10.4. The summed E-state index contributed by atoms with van der Waals surface area (Å²) < 4.78 is 0. The molecule has 0 saturated heterocycles. The van der Waals surface area contributed by atoms with Crippen LogP contribution in [0.5, 0.6) is 0 Å². The number of rotatable bonds is 8. The van der Waals surface area contributed by atoms with Gasteiger partial charge in [0, 0.05) is 30.4 Å². The second kappa shape index (κ2) is 8.92. The second-order valence-corrected chi connectivity index (χ2v) is 5.84. The van der Waals surface area contributed by atoms with E-state index in [4.69, 9.17) is 0 Å². The highest BCUT2D eigenvalue weighted by molar-refractivity contribution is 6.04. The summed E-state index contributed by atoms with van der Waals surface area (Å²) >= 11 is 0. The van der Waals surface area contributed by atoms with Crippen LogP contribution in [0.3, 0.4) is 0 Å². The molecule has 1 heterocycles. The summed E-state index contributed by atoms with van der Waals surface area (Å²) in [6, 6.07) is 8.56. The quantitative estimate of drug-likeness (QED) is 0.744. The van der Waals surface area contributed by atoms with E-state index in [1.165, 1.54) is 13.3 Å². The molecule has 1 N–H and O–H groups in total. The fraction of sp³-hybridized carbons (Fsp3) is 0.368. The summed E-state index contributed by atoms with van der Waals surface area (Å²) in [7, 11) is 0. The number of carbonyl (C=O) groups is 2. The highest BCUT2D eigenvalue weighted by Gasteiger charge is 2.13. The van der Waals surface area contributed by atoms with Crippen LogP contribution in [0.2, 0.25) is 0 Å². The Labute approximate surface area is 148 Å². The highest BCUT2D eigenvalue weighted by atomic mass is 16.2. The van der Waals surface area contributed by atoms with Gasteiger partial charge >= 0.3 is 0 Å². The van der Waals surface area contributed by atoms with E-state index in [1.54, 1.807) is 30.3 Å². The highest BCUT2D eigenvalue weighted by Crippen LogP contribution is 2.15. The molecular formula is C19H24N4O2. The molecule has 0 atom stereocenters. The molecule has 132 valence electrons. The molecule has 0 fully saturated rings. The number of Topliss-reactive ketones (excluding diaryl/α,β-unsaturated/α-hetero) is 1. The lowest BCUT2D eigenvalue weighted by Gasteiger charge is -2.22. The monoisotopic (exact) mass is 340 g/mol. The molecule has 0 unspecified atom stereocenters. The molecule has 0 aliphatic carbocycles. The minimum atomic E-state index is -0.322. The molecule has 0 bridgehead atoms. The fourth-order valence-corrected chi connectivity index (χ4v) is 2.54. The molecule has 0 aliphatic rings. The molecular weight excluding hydrogens is 316 g/mol. The average Bonchev–Trinajstić information content (AvgIpc) is 2.62. The zero-order valence-corrected chi connectivity index (χ0v) is 15.0. The summed E-state index contributed by atoms with van der Waals surface area (Å²) in [5.41, 5.74) is 1.42. The van der Waals surface area contributed by atoms with Gasteiger partial charge in [-0.2, -0.15) is 0 Å². The van der Waals surface area contributed by atoms with Crippen LogP contribution in [0.15, 0.2) is 36.7 Å². The van der Waals surface area contributed by atoms with Crippen LogP contribution in [0.25, 0.3) is 0 Å². The Kier molecular flexibility index (Phi) is 6.62. The summed E-state index contributed by atoms with van der Waals surface area (Å²) in [4.78, 5) is 34.5. The Balaban J connectivity index is 2.18. The molecule has 0 spiro atoms. The first kappa shape index (κ1) is 18.6. The van der Waals surface area contributed by atoms with Gasteiger partial charge in [0.1, 0.15) is 17.8 Å². The van der Waals surface area contributed by atoms with Gasteiger partial charge in [-0.15, -0.1) is 0 Å². The third-order valence-corrected chi connectivity index (χ3v) is 3.72. The van der Waals surface area contributed by atoms with Crippen LogP contribution in [0.1, 0.15) is 54.5 Å². The Morgan fingerprint density at radius 2 is 1.80 bits per heavy atom. The molecule has 0 saturated carbocycles. The van der Waals surface area contributed by atoms with Crippen LogP contribution < -0.4 is 10.2 Å². The van der Waals surface area contributed by atoms with Crippen molar-refractivity contribution in [3.63, 3.8) is 0 Å². The first-order valence-corrected chi connectivity index (χ1v) is 8.54. The number of nitrogens with one attached hydrogen (secondary N) is 1. The molecule has 1 aromatic carbocycles. The number of aromatic nitrogens is 2. The molecule has 0 aliphatic heterocycles. The van der Waals surface area contributed by atoms with Crippen molar-refractivity contribution in [2.45, 2.75) is 33.6 Å². The van der Waals surface area contributed by atoms with Crippen molar-refractivity contribution < 1.29 is 9.59 Å². The second-order valence-electron chi connectivity index (χ2n) is 5.84. The average molecular weight is 340 g/mol. The topological polar surface area (TPSA) is 75.2 Å². The van der Waals surface area contributed by atoms with Gasteiger partial charge < -0.3 is 10.2 Å². The number of carbonyl (C=O) groups excluding carboxylic acids is 2. The van der Waals surface area contributed by atoms with Crippen LogP contribution in [0, 0.1) is 0 Å². The zero-order chi connectivity index (χ0) is 18.2. The van der Waals surface area contributed by atoms with E-state index < -0.39 is 0 Å². The molecule has 6 heteroatoms. The molecule has 1 aromatic heterocycles. The SMILES string of the molecule is CCCN(CCC)c1cc(C(=O)Nc2cccc(C(C)=O)c2)ncn1. The number of hydrogen-bond donors (Lipinski definition) is 1. The van der Waals surface area contributed by atoms with E-state index >= 15 is 0 Å². The predicted molar refractivity (Wildman–Crippen MR) is 99.2 cm³/mol. The van der Waals surface area contributed by atoms with Gasteiger partial charge in [0.15, 0.2) is 5.78 Å². The van der Waals surface area contributed by atoms with E-state index in [1.807, 2.05) is 0 Å². The molecule has 1 amide bonds. The number of nitrogens with zero attached hydrogens (tertiary/aromatic N) is 3. The van der Waals surface area contributed by atoms with Crippen molar-refractivity contribution >= 4 is 23.2 Å². The Hall–Kier alpha value is -2.76. The van der Waals surface area contributed by atoms with E-state index in [2.05, 4.69) is 34.0 Å². The standard InChI is InChI=1S/C19H24N4O2/c1-4-9-23(10-5-2)18-12-17(20-13-21-18)19(25)22-16-8-6-7-15(11-16)14(3)24/h6-8,11-13H,4-5,9-10H2,1-3H3,(H,22,25). The van der Waals surface area contributed by atoms with E-state index in [0.717, 1.165) is 31.7 Å². The smallest absolute Gasteiger partial charge is 0.274 e. The van der Waals surface area contributed by atoms with E-state index in [9.17, 15) is 9.59 Å². The predicted octanol–water partition coefficient (Wildman–Crippen LogP) is 3.56. The van der Waals surface area contributed by atoms with Gasteiger partial charge in [-0.25, -0.2) is 9.97 Å². The van der Waals surface area contributed by atoms with Crippen LogP contribution >= 0.6 is 0 Å². The Morgan fingerprint density at radius 1 is 1.08 bits per heavy atom. The summed E-state index contributed by atoms with van der Waals surface area (Å²) in [6.07, 6.45) is 3.42. The van der Waals surface area contributed by atoms with Crippen LogP contribution in [-0.4, -0.2) is 34.7 Å². The van der Waals surface area contributed by atoms with Crippen molar-refractivity contribution in [2.24, 2.45) is 0 Å². The number of amides is 1. The van der Waals surface area contributed by atoms with Gasteiger partial charge in [-0.3, -0.25) is 9.59 Å². The van der Waals surface area contributed by atoms with E-state index in [-0.39, 0.29) is 11.7 Å². The minimum absolute atomic E-state index is 0.0461. The van der Waals surface area contributed by atoms with Gasteiger partial charge in [-0.1, -0.05) is 26.0 Å². The maximum Gasteiger partial charge on any atom is 0.274 e. The lowest BCUT2D eigenvalue weighted by molar-refractivity contribution is 0.100. The fourth-order valence-electron chi connectivity index (χ4n) is 2.54. The van der Waals surface area contributed by atoms with Crippen LogP contribution in [-0.2, 0) is 0 Å². The maximum absolute atomic E-state index is 12.5. The van der Waals surface area contributed by atoms with Crippen LogP contribution in [0.4, 0.5) is 11.5 Å². The lowest BCUT2D eigenvalue weighted by Crippen LogP contribution is -2.26. The lowest BCUT2D eigenvalue weighted by atomic mass is 10.1. The molecule has 2 aromatic rings. The first-order valence-electron chi connectivity index (χ1n) is 8.54. The van der Waals surface area contributed by atoms with Crippen molar-refractivity contribution in [3.8, 4) is 0 Å². The Bertz CT molecular complexity index is 740. The van der Waals surface area contributed by atoms with Crippen molar-refractivity contribution in [1.29, 1.82) is 0 Å². The number of hydrogen-bond acceptors (Lipinski definition) is 5.